The molecular formula is C15H18ClNO2S. The van der Waals surface area contributed by atoms with E-state index in [-0.39, 0.29) is 11.9 Å². The van der Waals surface area contributed by atoms with Crippen molar-refractivity contribution in [3.05, 3.63) is 42.5 Å². The maximum atomic E-state index is 12.8. The fraction of sp³-hybridized carbons (Fsp3) is 0.333. The third-order valence-electron chi connectivity index (χ3n) is 3.22. The number of benzene rings is 2. The van der Waals surface area contributed by atoms with Crippen LogP contribution in [0.2, 0.25) is 0 Å². The van der Waals surface area contributed by atoms with Crippen LogP contribution in [-0.2, 0) is 10.0 Å². The van der Waals surface area contributed by atoms with Gasteiger partial charge in [-0.25, -0.2) is 8.42 Å². The van der Waals surface area contributed by atoms with Crippen LogP contribution in [0.25, 0.3) is 10.8 Å². The second-order valence-corrected chi connectivity index (χ2v) is 7.11. The van der Waals surface area contributed by atoms with E-state index in [0.717, 1.165) is 10.8 Å². The summed E-state index contributed by atoms with van der Waals surface area (Å²) in [5, 5.41) is 1.67. The van der Waals surface area contributed by atoms with Gasteiger partial charge in [0.05, 0.1) is 4.90 Å². The molecule has 0 aliphatic rings. The first-order chi connectivity index (χ1) is 9.48. The fourth-order valence-corrected chi connectivity index (χ4v) is 4.42. The minimum Gasteiger partial charge on any atom is -0.207 e. The van der Waals surface area contributed by atoms with Crippen LogP contribution in [0.15, 0.2) is 47.4 Å². The number of fused-ring (bicyclic) bond motifs is 1. The minimum atomic E-state index is -3.54. The summed E-state index contributed by atoms with van der Waals surface area (Å²) in [7, 11) is -3.54. The van der Waals surface area contributed by atoms with Crippen LogP contribution in [0.5, 0.6) is 0 Å². The van der Waals surface area contributed by atoms with Gasteiger partial charge in [0.2, 0.25) is 10.0 Å². The number of alkyl halides is 1. The van der Waals surface area contributed by atoms with E-state index in [1.807, 2.05) is 44.2 Å². The molecule has 0 radical (unpaired) electrons. The Morgan fingerprint density at radius 2 is 1.75 bits per heavy atom. The van der Waals surface area contributed by atoms with Gasteiger partial charge < -0.3 is 0 Å². The zero-order valence-corrected chi connectivity index (χ0v) is 13.2. The van der Waals surface area contributed by atoms with E-state index < -0.39 is 10.0 Å². The second kappa shape index (κ2) is 6.12. The lowest BCUT2D eigenvalue weighted by atomic mass is 10.1. The molecular weight excluding hydrogens is 294 g/mol. The number of nitrogens with zero attached hydrogens (tertiary/aromatic N) is 1. The fourth-order valence-electron chi connectivity index (χ4n) is 2.29. The maximum absolute atomic E-state index is 12.8. The molecule has 2 aromatic rings. The molecule has 108 valence electrons. The Kier molecular flexibility index (Phi) is 4.68. The Labute approximate surface area is 125 Å². The molecule has 0 bridgehead atoms. The van der Waals surface area contributed by atoms with E-state index in [0.29, 0.717) is 11.4 Å². The van der Waals surface area contributed by atoms with Crippen LogP contribution in [0.1, 0.15) is 13.8 Å². The first-order valence-electron chi connectivity index (χ1n) is 6.54. The zero-order chi connectivity index (χ0) is 14.8. The standard InChI is InChI=1S/C15H18ClNO2S/c1-12(2)17(11-10-16)20(18,19)15-9-5-7-13-6-3-4-8-14(13)15/h3-9,12H,10-11H2,1-2H3. The van der Waals surface area contributed by atoms with Crippen molar-refractivity contribution in [2.75, 3.05) is 12.4 Å². The van der Waals surface area contributed by atoms with E-state index in [2.05, 4.69) is 0 Å². The van der Waals surface area contributed by atoms with E-state index in [1.54, 1.807) is 12.1 Å². The molecule has 0 heterocycles. The molecule has 0 aromatic heterocycles. The number of hydrogen-bond donors (Lipinski definition) is 0. The monoisotopic (exact) mass is 311 g/mol. The molecule has 0 aliphatic carbocycles. The Morgan fingerprint density at radius 3 is 2.40 bits per heavy atom. The van der Waals surface area contributed by atoms with Crippen molar-refractivity contribution in [3.63, 3.8) is 0 Å². The quantitative estimate of drug-likeness (QED) is 0.793. The Bertz CT molecular complexity index is 693. The molecule has 0 spiro atoms. The highest BCUT2D eigenvalue weighted by molar-refractivity contribution is 7.89. The molecule has 0 fully saturated rings. The summed E-state index contributed by atoms with van der Waals surface area (Å²) in [6.07, 6.45) is 0. The smallest absolute Gasteiger partial charge is 0.207 e. The molecule has 0 N–H and O–H groups in total. The average Bonchev–Trinajstić information content (AvgIpc) is 2.43. The van der Waals surface area contributed by atoms with Gasteiger partial charge in [-0.1, -0.05) is 36.4 Å². The van der Waals surface area contributed by atoms with E-state index in [1.165, 1.54) is 4.31 Å². The summed E-state index contributed by atoms with van der Waals surface area (Å²) in [6, 6.07) is 12.7. The van der Waals surface area contributed by atoms with Crippen LogP contribution < -0.4 is 0 Å². The number of rotatable bonds is 5. The van der Waals surface area contributed by atoms with Crippen molar-refractivity contribution < 1.29 is 8.42 Å². The van der Waals surface area contributed by atoms with Gasteiger partial charge in [-0.15, -0.1) is 11.6 Å². The Hall–Kier alpha value is -1.10. The van der Waals surface area contributed by atoms with Crippen LogP contribution in [-0.4, -0.2) is 31.2 Å². The second-order valence-electron chi connectivity index (χ2n) is 4.88. The molecule has 0 saturated carbocycles. The van der Waals surface area contributed by atoms with E-state index in [4.69, 9.17) is 11.6 Å². The molecule has 0 amide bonds. The van der Waals surface area contributed by atoms with Crippen molar-refractivity contribution in [1.82, 2.24) is 4.31 Å². The summed E-state index contributed by atoms with van der Waals surface area (Å²) in [5.41, 5.74) is 0. The highest BCUT2D eigenvalue weighted by Crippen LogP contribution is 2.26. The molecule has 0 aliphatic heterocycles. The van der Waals surface area contributed by atoms with Crippen LogP contribution in [0.3, 0.4) is 0 Å². The third-order valence-corrected chi connectivity index (χ3v) is 5.52. The molecule has 0 saturated heterocycles. The van der Waals surface area contributed by atoms with Gasteiger partial charge in [0.1, 0.15) is 0 Å². The van der Waals surface area contributed by atoms with Crippen molar-refractivity contribution in [3.8, 4) is 0 Å². The van der Waals surface area contributed by atoms with Crippen molar-refractivity contribution in [2.45, 2.75) is 24.8 Å². The van der Waals surface area contributed by atoms with Crippen LogP contribution in [0.4, 0.5) is 0 Å². The highest BCUT2D eigenvalue weighted by atomic mass is 35.5. The number of hydrogen-bond acceptors (Lipinski definition) is 2. The largest absolute Gasteiger partial charge is 0.243 e. The Morgan fingerprint density at radius 1 is 1.10 bits per heavy atom. The van der Waals surface area contributed by atoms with Gasteiger partial charge in [-0.05, 0) is 25.3 Å². The van der Waals surface area contributed by atoms with Gasteiger partial charge in [-0.2, -0.15) is 4.31 Å². The van der Waals surface area contributed by atoms with Crippen LogP contribution >= 0.6 is 11.6 Å². The number of sulfonamides is 1. The first-order valence-corrected chi connectivity index (χ1v) is 8.51. The summed E-state index contributed by atoms with van der Waals surface area (Å²) in [6.45, 7) is 4.02. The Balaban J connectivity index is 2.62. The van der Waals surface area contributed by atoms with Gasteiger partial charge in [0, 0.05) is 23.9 Å². The van der Waals surface area contributed by atoms with Gasteiger partial charge in [-0.3, -0.25) is 0 Å². The predicted molar refractivity (Wildman–Crippen MR) is 83.7 cm³/mol. The summed E-state index contributed by atoms with van der Waals surface area (Å²) in [5.74, 6) is 0.280. The normalized spacial score (nSPS) is 12.4. The molecule has 5 heteroatoms. The minimum absolute atomic E-state index is 0.127. The highest BCUT2D eigenvalue weighted by Gasteiger charge is 2.27. The van der Waals surface area contributed by atoms with E-state index >= 15 is 0 Å². The van der Waals surface area contributed by atoms with E-state index in [9.17, 15) is 8.42 Å². The predicted octanol–water partition coefficient (Wildman–Crippen LogP) is 3.48. The molecule has 2 rings (SSSR count). The average molecular weight is 312 g/mol. The van der Waals surface area contributed by atoms with Crippen molar-refractivity contribution in [1.29, 1.82) is 0 Å². The number of halogens is 1. The zero-order valence-electron chi connectivity index (χ0n) is 11.6. The topological polar surface area (TPSA) is 37.4 Å². The maximum Gasteiger partial charge on any atom is 0.243 e. The lowest BCUT2D eigenvalue weighted by Crippen LogP contribution is -2.38. The molecule has 3 nitrogen and oxygen atoms in total. The van der Waals surface area contributed by atoms with Gasteiger partial charge in [0.15, 0.2) is 0 Å². The van der Waals surface area contributed by atoms with Gasteiger partial charge in [0.25, 0.3) is 0 Å². The SMILES string of the molecule is CC(C)N(CCCl)S(=O)(=O)c1cccc2ccccc12. The first kappa shape index (κ1) is 15.3. The molecule has 0 unspecified atom stereocenters. The lowest BCUT2D eigenvalue weighted by Gasteiger charge is -2.25. The molecule has 20 heavy (non-hydrogen) atoms. The van der Waals surface area contributed by atoms with Crippen molar-refractivity contribution in [2.24, 2.45) is 0 Å². The van der Waals surface area contributed by atoms with Crippen molar-refractivity contribution >= 4 is 32.4 Å². The third kappa shape index (κ3) is 2.82. The lowest BCUT2D eigenvalue weighted by molar-refractivity contribution is 0.371. The van der Waals surface area contributed by atoms with Crippen LogP contribution in [0, 0.1) is 0 Å². The molecule has 0 atom stereocenters. The molecule has 2 aromatic carbocycles. The van der Waals surface area contributed by atoms with Gasteiger partial charge >= 0.3 is 0 Å². The summed E-state index contributed by atoms with van der Waals surface area (Å²) >= 11 is 5.75. The summed E-state index contributed by atoms with van der Waals surface area (Å²) < 4.78 is 27.1. The summed E-state index contributed by atoms with van der Waals surface area (Å²) in [4.78, 5) is 0.342.